The van der Waals surface area contributed by atoms with Gasteiger partial charge in [0.1, 0.15) is 0 Å². The molecule has 0 amide bonds. The average molecular weight is 272 g/mol. The minimum Gasteiger partial charge on any atom is -0.353 e. The van der Waals surface area contributed by atoms with Crippen molar-refractivity contribution in [3.8, 4) is 0 Å². The van der Waals surface area contributed by atoms with Crippen molar-refractivity contribution in [2.24, 2.45) is 0 Å². The van der Waals surface area contributed by atoms with Crippen molar-refractivity contribution in [3.05, 3.63) is 17.5 Å². The molecule has 7 nitrogen and oxygen atoms in total. The summed E-state index contributed by atoms with van der Waals surface area (Å²) in [5, 5.41) is 2.86. The largest absolute Gasteiger partial charge is 0.353 e. The van der Waals surface area contributed by atoms with Crippen LogP contribution in [0, 0.1) is 6.92 Å². The SMILES string of the molecule is CC(=O)c1cnc(NCCNS(C)(=O)=O)nc1C. The van der Waals surface area contributed by atoms with E-state index in [2.05, 4.69) is 20.0 Å². The van der Waals surface area contributed by atoms with Crippen LogP contribution in [0.3, 0.4) is 0 Å². The lowest BCUT2D eigenvalue weighted by Gasteiger charge is -2.07. The minimum absolute atomic E-state index is 0.0854. The van der Waals surface area contributed by atoms with E-state index in [1.54, 1.807) is 6.92 Å². The van der Waals surface area contributed by atoms with Crippen molar-refractivity contribution in [3.63, 3.8) is 0 Å². The maximum absolute atomic E-state index is 11.2. The molecule has 0 aliphatic heterocycles. The van der Waals surface area contributed by atoms with Gasteiger partial charge in [0.15, 0.2) is 5.78 Å². The molecule has 0 aliphatic rings. The number of anilines is 1. The Kier molecular flexibility index (Phi) is 4.74. The fourth-order valence-electron chi connectivity index (χ4n) is 1.31. The zero-order chi connectivity index (χ0) is 13.8. The summed E-state index contributed by atoms with van der Waals surface area (Å²) in [6, 6.07) is 0. The molecule has 0 aliphatic carbocycles. The molecular weight excluding hydrogens is 256 g/mol. The Morgan fingerprint density at radius 1 is 1.39 bits per heavy atom. The first-order valence-electron chi connectivity index (χ1n) is 5.32. The van der Waals surface area contributed by atoms with Crippen LogP contribution in [0.1, 0.15) is 23.0 Å². The zero-order valence-corrected chi connectivity index (χ0v) is 11.3. The first kappa shape index (κ1) is 14.5. The standard InChI is InChI=1S/C10H16N4O3S/c1-7-9(8(2)15)6-12-10(14-7)11-4-5-13-18(3,16)17/h6,13H,4-5H2,1-3H3,(H,11,12,14). The summed E-state index contributed by atoms with van der Waals surface area (Å²) in [5.74, 6) is 0.283. The van der Waals surface area contributed by atoms with Gasteiger partial charge in [-0.1, -0.05) is 0 Å². The van der Waals surface area contributed by atoms with Gasteiger partial charge in [-0.05, 0) is 13.8 Å². The Hall–Kier alpha value is -1.54. The topological polar surface area (TPSA) is 101 Å². The molecule has 0 fully saturated rings. The molecule has 1 rings (SSSR count). The van der Waals surface area contributed by atoms with Crippen LogP contribution >= 0.6 is 0 Å². The Bertz CT molecular complexity index is 542. The number of Topliss-reactive ketones (excluding diaryl/α,β-unsaturated/α-hetero) is 1. The lowest BCUT2D eigenvalue weighted by Crippen LogP contribution is -2.28. The molecule has 0 radical (unpaired) electrons. The molecule has 0 saturated heterocycles. The van der Waals surface area contributed by atoms with Crippen LogP contribution in [-0.4, -0.2) is 43.5 Å². The van der Waals surface area contributed by atoms with E-state index in [4.69, 9.17) is 0 Å². The van der Waals surface area contributed by atoms with Gasteiger partial charge in [0, 0.05) is 19.3 Å². The molecule has 0 spiro atoms. The lowest BCUT2D eigenvalue weighted by molar-refractivity contribution is 0.101. The molecule has 100 valence electrons. The predicted octanol–water partition coefficient (Wildman–Crippen LogP) is -0.0513. The lowest BCUT2D eigenvalue weighted by atomic mass is 10.2. The smallest absolute Gasteiger partial charge is 0.222 e. The Morgan fingerprint density at radius 3 is 2.56 bits per heavy atom. The van der Waals surface area contributed by atoms with Gasteiger partial charge in [-0.15, -0.1) is 0 Å². The molecule has 0 unspecified atom stereocenters. The number of ketones is 1. The van der Waals surface area contributed by atoms with Crippen molar-refractivity contribution in [2.45, 2.75) is 13.8 Å². The molecular formula is C10H16N4O3S. The van der Waals surface area contributed by atoms with Crippen LogP contribution in [0.5, 0.6) is 0 Å². The van der Waals surface area contributed by atoms with Gasteiger partial charge < -0.3 is 5.32 Å². The molecule has 2 N–H and O–H groups in total. The first-order chi connectivity index (χ1) is 8.29. The second-order valence-electron chi connectivity index (χ2n) is 3.84. The summed E-state index contributed by atoms with van der Waals surface area (Å²) >= 11 is 0. The number of nitrogens with zero attached hydrogens (tertiary/aromatic N) is 2. The number of aryl methyl sites for hydroxylation is 1. The van der Waals surface area contributed by atoms with Crippen LogP contribution in [0.2, 0.25) is 0 Å². The molecule has 1 heterocycles. The van der Waals surface area contributed by atoms with E-state index < -0.39 is 10.0 Å². The molecule has 1 aromatic heterocycles. The van der Waals surface area contributed by atoms with E-state index in [0.29, 0.717) is 23.8 Å². The van der Waals surface area contributed by atoms with Gasteiger partial charge in [-0.3, -0.25) is 4.79 Å². The highest BCUT2D eigenvalue weighted by molar-refractivity contribution is 7.88. The fourth-order valence-corrected chi connectivity index (χ4v) is 1.78. The van der Waals surface area contributed by atoms with E-state index in [1.807, 2.05) is 0 Å². The third kappa shape index (κ3) is 4.76. The third-order valence-corrected chi connectivity index (χ3v) is 2.86. The van der Waals surface area contributed by atoms with Gasteiger partial charge in [-0.2, -0.15) is 0 Å². The fraction of sp³-hybridized carbons (Fsp3) is 0.500. The second kappa shape index (κ2) is 5.87. The zero-order valence-electron chi connectivity index (χ0n) is 10.5. The Balaban J connectivity index is 2.54. The number of sulfonamides is 1. The van der Waals surface area contributed by atoms with Crippen LogP contribution in [-0.2, 0) is 10.0 Å². The van der Waals surface area contributed by atoms with E-state index in [1.165, 1.54) is 13.1 Å². The van der Waals surface area contributed by atoms with Crippen LogP contribution < -0.4 is 10.0 Å². The Labute approximate surface area is 106 Å². The van der Waals surface area contributed by atoms with Crippen molar-refractivity contribution < 1.29 is 13.2 Å². The molecule has 0 bridgehead atoms. The number of rotatable bonds is 6. The quantitative estimate of drug-likeness (QED) is 0.556. The van der Waals surface area contributed by atoms with Gasteiger partial charge in [0.05, 0.1) is 17.5 Å². The highest BCUT2D eigenvalue weighted by Crippen LogP contribution is 2.07. The van der Waals surface area contributed by atoms with Gasteiger partial charge >= 0.3 is 0 Å². The summed E-state index contributed by atoms with van der Waals surface area (Å²) in [4.78, 5) is 19.3. The molecule has 0 aromatic carbocycles. The van der Waals surface area contributed by atoms with Crippen LogP contribution in [0.15, 0.2) is 6.20 Å². The van der Waals surface area contributed by atoms with E-state index in [9.17, 15) is 13.2 Å². The monoisotopic (exact) mass is 272 g/mol. The number of hydrogen-bond acceptors (Lipinski definition) is 6. The Morgan fingerprint density at radius 2 is 2.06 bits per heavy atom. The molecule has 0 saturated carbocycles. The molecule has 1 aromatic rings. The average Bonchev–Trinajstić information content (AvgIpc) is 2.22. The predicted molar refractivity (Wildman–Crippen MR) is 68.1 cm³/mol. The second-order valence-corrected chi connectivity index (χ2v) is 5.68. The van der Waals surface area contributed by atoms with Crippen molar-refractivity contribution in [1.82, 2.24) is 14.7 Å². The summed E-state index contributed by atoms with van der Waals surface area (Å²) in [7, 11) is -3.18. The summed E-state index contributed by atoms with van der Waals surface area (Å²) in [6.45, 7) is 3.79. The van der Waals surface area contributed by atoms with Crippen molar-refractivity contribution in [2.75, 3.05) is 24.7 Å². The van der Waals surface area contributed by atoms with Crippen molar-refractivity contribution in [1.29, 1.82) is 0 Å². The maximum Gasteiger partial charge on any atom is 0.222 e. The molecule has 0 atom stereocenters. The molecule has 8 heteroatoms. The highest BCUT2D eigenvalue weighted by Gasteiger charge is 2.07. The third-order valence-electron chi connectivity index (χ3n) is 2.13. The number of carbonyl (C=O) groups is 1. The minimum atomic E-state index is -3.18. The van der Waals surface area contributed by atoms with Gasteiger partial charge in [0.25, 0.3) is 0 Å². The van der Waals surface area contributed by atoms with E-state index in [-0.39, 0.29) is 12.3 Å². The number of aromatic nitrogens is 2. The van der Waals surface area contributed by atoms with E-state index in [0.717, 1.165) is 6.26 Å². The molecule has 18 heavy (non-hydrogen) atoms. The van der Waals surface area contributed by atoms with Crippen molar-refractivity contribution >= 4 is 21.8 Å². The van der Waals surface area contributed by atoms with Crippen LogP contribution in [0.25, 0.3) is 0 Å². The first-order valence-corrected chi connectivity index (χ1v) is 7.22. The number of carbonyl (C=O) groups excluding carboxylic acids is 1. The number of nitrogens with one attached hydrogen (secondary N) is 2. The van der Waals surface area contributed by atoms with Crippen LogP contribution in [0.4, 0.5) is 5.95 Å². The number of hydrogen-bond donors (Lipinski definition) is 2. The van der Waals surface area contributed by atoms with E-state index >= 15 is 0 Å². The summed E-state index contributed by atoms with van der Waals surface area (Å²) in [6.07, 6.45) is 2.55. The summed E-state index contributed by atoms with van der Waals surface area (Å²) < 4.78 is 24.0. The maximum atomic E-state index is 11.2. The summed E-state index contributed by atoms with van der Waals surface area (Å²) in [5.41, 5.74) is 1.07. The normalized spacial score (nSPS) is 11.3. The van der Waals surface area contributed by atoms with Gasteiger partial charge in [-0.25, -0.2) is 23.1 Å². The van der Waals surface area contributed by atoms with Gasteiger partial charge in [0.2, 0.25) is 16.0 Å². The highest BCUT2D eigenvalue weighted by atomic mass is 32.2.